The fraction of sp³-hybridized carbons (Fsp3) is 0.529. The minimum Gasteiger partial charge on any atom is -0.490 e. The zero-order valence-corrected chi connectivity index (χ0v) is 14.0. The molecule has 0 spiro atoms. The molecule has 0 saturated carbocycles. The highest BCUT2D eigenvalue weighted by Gasteiger charge is 2.23. The van der Waals surface area contributed by atoms with E-state index >= 15 is 0 Å². The number of rotatable bonds is 6. The van der Waals surface area contributed by atoms with Gasteiger partial charge in [-0.3, -0.25) is 15.0 Å². The Bertz CT molecular complexity index is 611. The van der Waals surface area contributed by atoms with Gasteiger partial charge in [-0.1, -0.05) is 26.8 Å². The molecule has 6 heteroatoms. The van der Waals surface area contributed by atoms with Crippen molar-refractivity contribution in [2.45, 2.75) is 27.2 Å². The summed E-state index contributed by atoms with van der Waals surface area (Å²) in [6, 6.07) is 3.23. The van der Waals surface area contributed by atoms with Gasteiger partial charge in [-0.2, -0.15) is 0 Å². The Labute approximate surface area is 137 Å². The van der Waals surface area contributed by atoms with Crippen molar-refractivity contribution in [3.63, 3.8) is 0 Å². The molecule has 1 heterocycles. The Morgan fingerprint density at radius 3 is 2.70 bits per heavy atom. The van der Waals surface area contributed by atoms with E-state index in [0.717, 1.165) is 37.2 Å². The molecule has 6 nitrogen and oxygen atoms in total. The van der Waals surface area contributed by atoms with Gasteiger partial charge in [0, 0.05) is 24.7 Å². The number of nitro benzene ring substituents is 1. The molecular weight excluding hydrogens is 294 g/mol. The van der Waals surface area contributed by atoms with Gasteiger partial charge in [-0.25, -0.2) is 0 Å². The third kappa shape index (κ3) is 4.01. The maximum absolute atomic E-state index is 11.1. The van der Waals surface area contributed by atoms with E-state index < -0.39 is 4.92 Å². The van der Waals surface area contributed by atoms with Gasteiger partial charge < -0.3 is 10.5 Å². The maximum Gasteiger partial charge on any atom is 0.295 e. The Morgan fingerprint density at radius 1 is 1.43 bits per heavy atom. The topological polar surface area (TPSA) is 81.6 Å². The molecule has 0 unspecified atom stereocenters. The van der Waals surface area contributed by atoms with Crippen LogP contribution in [0.3, 0.4) is 0 Å². The van der Waals surface area contributed by atoms with Crippen LogP contribution in [0.1, 0.15) is 32.8 Å². The molecule has 23 heavy (non-hydrogen) atoms. The minimum atomic E-state index is -0.463. The van der Waals surface area contributed by atoms with Crippen molar-refractivity contribution in [1.29, 1.82) is 0 Å². The van der Waals surface area contributed by atoms with Crippen LogP contribution in [-0.4, -0.2) is 36.1 Å². The maximum atomic E-state index is 11.1. The quantitative estimate of drug-likeness (QED) is 0.494. The molecule has 0 atom stereocenters. The molecule has 2 N–H and O–H groups in total. The van der Waals surface area contributed by atoms with Crippen molar-refractivity contribution in [2.75, 3.05) is 32.0 Å². The Kier molecular flexibility index (Phi) is 5.60. The smallest absolute Gasteiger partial charge is 0.295 e. The second kappa shape index (κ2) is 7.46. The van der Waals surface area contributed by atoms with Crippen LogP contribution in [0, 0.1) is 16.0 Å². The first-order valence-electron chi connectivity index (χ1n) is 8.05. The van der Waals surface area contributed by atoms with E-state index in [1.54, 1.807) is 6.07 Å². The van der Waals surface area contributed by atoms with Crippen LogP contribution in [0.15, 0.2) is 18.2 Å². The van der Waals surface area contributed by atoms with Gasteiger partial charge in [0.05, 0.1) is 11.5 Å². The zero-order valence-electron chi connectivity index (χ0n) is 14.0. The predicted molar refractivity (Wildman–Crippen MR) is 92.5 cm³/mol. The van der Waals surface area contributed by atoms with Crippen molar-refractivity contribution in [3.8, 4) is 5.75 Å². The van der Waals surface area contributed by atoms with Crippen molar-refractivity contribution < 1.29 is 9.66 Å². The van der Waals surface area contributed by atoms with E-state index in [0.29, 0.717) is 18.3 Å². The summed E-state index contributed by atoms with van der Waals surface area (Å²) in [6.45, 7) is 9.56. The summed E-state index contributed by atoms with van der Waals surface area (Å²) in [5.41, 5.74) is 8.07. The highest BCUT2D eigenvalue weighted by Crippen LogP contribution is 2.40. The largest absolute Gasteiger partial charge is 0.490 e. The van der Waals surface area contributed by atoms with E-state index in [-0.39, 0.29) is 11.4 Å². The van der Waals surface area contributed by atoms with Gasteiger partial charge in [-0.05, 0) is 30.5 Å². The fourth-order valence-corrected chi connectivity index (χ4v) is 2.65. The molecule has 0 aliphatic carbocycles. The average Bonchev–Trinajstić information content (AvgIpc) is 2.53. The van der Waals surface area contributed by atoms with Crippen LogP contribution in [0.25, 0.3) is 5.57 Å². The number of ether oxygens (including phenoxy) is 1. The first-order chi connectivity index (χ1) is 10.9. The second-order valence-corrected chi connectivity index (χ2v) is 6.21. The number of nitrogen functional groups attached to an aromatic ring is 1. The van der Waals surface area contributed by atoms with Crippen LogP contribution in [0.4, 0.5) is 11.4 Å². The molecule has 1 aliphatic rings. The molecule has 0 fully saturated rings. The lowest BCUT2D eigenvalue weighted by molar-refractivity contribution is -0.384. The first-order valence-corrected chi connectivity index (χ1v) is 8.05. The predicted octanol–water partition coefficient (Wildman–Crippen LogP) is 3.32. The molecule has 1 aliphatic heterocycles. The number of hydrogen-bond acceptors (Lipinski definition) is 5. The van der Waals surface area contributed by atoms with Gasteiger partial charge in [0.15, 0.2) is 11.4 Å². The Morgan fingerprint density at radius 2 is 2.17 bits per heavy atom. The molecule has 126 valence electrons. The second-order valence-electron chi connectivity index (χ2n) is 6.21. The van der Waals surface area contributed by atoms with Crippen LogP contribution in [0.2, 0.25) is 0 Å². The van der Waals surface area contributed by atoms with E-state index in [1.165, 1.54) is 6.07 Å². The number of nitrogens with two attached hydrogens (primary N) is 1. The van der Waals surface area contributed by atoms with Crippen LogP contribution in [0.5, 0.6) is 5.75 Å². The Balaban J connectivity index is 2.40. The molecule has 0 radical (unpaired) electrons. The summed E-state index contributed by atoms with van der Waals surface area (Å²) in [7, 11) is 0. The normalized spacial score (nSPS) is 15.6. The molecular formula is C17H25N3O3. The number of benzene rings is 1. The molecule has 1 aromatic carbocycles. The van der Waals surface area contributed by atoms with Gasteiger partial charge in [-0.15, -0.1) is 0 Å². The number of hydrogen-bond donors (Lipinski definition) is 1. The third-order valence-corrected chi connectivity index (χ3v) is 4.02. The number of nitrogens with zero attached hydrogens (tertiary/aromatic N) is 2. The highest BCUT2D eigenvalue weighted by atomic mass is 16.6. The monoisotopic (exact) mass is 319 g/mol. The Hall–Kier alpha value is -2.08. The van der Waals surface area contributed by atoms with E-state index in [1.807, 2.05) is 13.8 Å². The zero-order chi connectivity index (χ0) is 17.0. The first kappa shape index (κ1) is 17.3. The van der Waals surface area contributed by atoms with Crippen molar-refractivity contribution in [3.05, 3.63) is 33.9 Å². The van der Waals surface area contributed by atoms with E-state index in [2.05, 4.69) is 17.9 Å². The van der Waals surface area contributed by atoms with Gasteiger partial charge in [0.25, 0.3) is 5.69 Å². The lowest BCUT2D eigenvalue weighted by atomic mass is 9.97. The van der Waals surface area contributed by atoms with Crippen LogP contribution in [-0.2, 0) is 0 Å². The van der Waals surface area contributed by atoms with Gasteiger partial charge in [0.2, 0.25) is 0 Å². The highest BCUT2D eigenvalue weighted by molar-refractivity contribution is 5.81. The number of likely N-dealkylation sites (N-methyl/N-ethyl adjacent to an activating group) is 1. The fourth-order valence-electron chi connectivity index (χ4n) is 2.65. The molecule has 2 rings (SSSR count). The SMILES string of the molecule is CCN1CC=C(c2ccc([N+](=O)[O-])c(N)c2OCC(C)C)CC1. The standard InChI is InChI=1S/C17H25N3O3/c1-4-19-9-7-13(8-10-19)14-5-6-15(20(21)22)16(18)17(14)23-11-12(2)3/h5-7,12H,4,8-11,18H2,1-3H3. The summed E-state index contributed by atoms with van der Waals surface area (Å²) >= 11 is 0. The average molecular weight is 319 g/mol. The van der Waals surface area contributed by atoms with Gasteiger partial charge in [0.1, 0.15) is 0 Å². The molecule has 0 amide bonds. The summed E-state index contributed by atoms with van der Waals surface area (Å²) in [5.74, 6) is 0.765. The summed E-state index contributed by atoms with van der Waals surface area (Å²) in [6.07, 6.45) is 3.05. The summed E-state index contributed by atoms with van der Waals surface area (Å²) < 4.78 is 5.84. The van der Waals surface area contributed by atoms with Crippen LogP contribution < -0.4 is 10.5 Å². The van der Waals surface area contributed by atoms with Crippen LogP contribution >= 0.6 is 0 Å². The number of anilines is 1. The lowest BCUT2D eigenvalue weighted by Crippen LogP contribution is -2.28. The van der Waals surface area contributed by atoms with Crippen molar-refractivity contribution >= 4 is 16.9 Å². The summed E-state index contributed by atoms with van der Waals surface area (Å²) in [5, 5.41) is 11.1. The third-order valence-electron chi connectivity index (χ3n) is 4.02. The van der Waals surface area contributed by atoms with Crippen molar-refractivity contribution in [1.82, 2.24) is 4.90 Å². The molecule has 0 saturated heterocycles. The van der Waals surface area contributed by atoms with Gasteiger partial charge >= 0.3 is 0 Å². The van der Waals surface area contributed by atoms with E-state index in [9.17, 15) is 10.1 Å². The lowest BCUT2D eigenvalue weighted by Gasteiger charge is -2.26. The van der Waals surface area contributed by atoms with Crippen molar-refractivity contribution in [2.24, 2.45) is 5.92 Å². The number of nitro groups is 1. The molecule has 0 aromatic heterocycles. The minimum absolute atomic E-state index is 0.0981. The van der Waals surface area contributed by atoms with E-state index in [4.69, 9.17) is 10.5 Å². The molecule has 1 aromatic rings. The molecule has 0 bridgehead atoms. The summed E-state index contributed by atoms with van der Waals surface area (Å²) in [4.78, 5) is 13.0.